The fourth-order valence-corrected chi connectivity index (χ4v) is 2.84. The van der Waals surface area contributed by atoms with Gasteiger partial charge in [-0.15, -0.1) is 0 Å². The number of nitrogens with one attached hydrogen (secondary N) is 1. The van der Waals surface area contributed by atoms with Crippen molar-refractivity contribution in [3.8, 4) is 11.8 Å². The molecule has 0 unspecified atom stereocenters. The lowest BCUT2D eigenvalue weighted by atomic mass is 10.0. The smallest absolute Gasteiger partial charge is 0.228 e. The van der Waals surface area contributed by atoms with Crippen LogP contribution in [0.5, 0.6) is 0 Å². The van der Waals surface area contributed by atoms with Crippen LogP contribution in [0, 0.1) is 28.6 Å². The number of hydrogen-bond donors (Lipinski definition) is 2. The van der Waals surface area contributed by atoms with Gasteiger partial charge in [0.05, 0.1) is 0 Å². The lowest BCUT2D eigenvalue weighted by molar-refractivity contribution is -0.118. The molecule has 0 spiro atoms. The van der Waals surface area contributed by atoms with Crippen molar-refractivity contribution in [3.05, 3.63) is 29.8 Å². The van der Waals surface area contributed by atoms with Crippen LogP contribution in [0.15, 0.2) is 24.3 Å². The third-order valence-corrected chi connectivity index (χ3v) is 4.75. The van der Waals surface area contributed by atoms with Gasteiger partial charge in [0.1, 0.15) is 6.61 Å². The monoisotopic (exact) mass is 271 g/mol. The Kier molecular flexibility index (Phi) is 3.62. The largest absolute Gasteiger partial charge is 0.384 e. The molecule has 0 aromatic heterocycles. The second-order valence-electron chi connectivity index (χ2n) is 6.40. The van der Waals surface area contributed by atoms with Crippen molar-refractivity contribution in [2.75, 3.05) is 11.9 Å². The minimum atomic E-state index is -0.148. The number of carbonyl (C=O) groups is 1. The van der Waals surface area contributed by atoms with E-state index in [1.54, 1.807) is 0 Å². The van der Waals surface area contributed by atoms with Crippen molar-refractivity contribution in [1.29, 1.82) is 0 Å². The second-order valence-corrected chi connectivity index (χ2v) is 6.40. The third kappa shape index (κ3) is 2.44. The Morgan fingerprint density at radius 3 is 2.20 bits per heavy atom. The number of aliphatic hydroxyl groups excluding tert-OH is 1. The van der Waals surface area contributed by atoms with Gasteiger partial charge in [-0.05, 0) is 35.1 Å². The lowest BCUT2D eigenvalue weighted by Crippen LogP contribution is -2.17. The summed E-state index contributed by atoms with van der Waals surface area (Å²) in [6.45, 7) is 8.37. The van der Waals surface area contributed by atoms with Crippen LogP contribution in [0.2, 0.25) is 0 Å². The molecular formula is C17H21NO2. The van der Waals surface area contributed by atoms with Gasteiger partial charge < -0.3 is 10.4 Å². The molecule has 1 aromatic rings. The first-order valence-electron chi connectivity index (χ1n) is 6.81. The summed E-state index contributed by atoms with van der Waals surface area (Å²) in [7, 11) is 0. The highest BCUT2D eigenvalue weighted by Gasteiger charge is 2.68. The van der Waals surface area contributed by atoms with E-state index in [1.165, 1.54) is 0 Å². The van der Waals surface area contributed by atoms with Crippen LogP contribution < -0.4 is 5.32 Å². The van der Waals surface area contributed by atoms with E-state index in [4.69, 9.17) is 5.11 Å². The topological polar surface area (TPSA) is 49.3 Å². The van der Waals surface area contributed by atoms with E-state index in [2.05, 4.69) is 44.9 Å². The summed E-state index contributed by atoms with van der Waals surface area (Å²) in [6, 6.07) is 7.34. The fraction of sp³-hybridized carbons (Fsp3) is 0.471. The van der Waals surface area contributed by atoms with Gasteiger partial charge in [-0.2, -0.15) is 0 Å². The van der Waals surface area contributed by atoms with Crippen molar-refractivity contribution in [1.82, 2.24) is 0 Å². The highest BCUT2D eigenvalue weighted by atomic mass is 16.2. The minimum absolute atomic E-state index is 0.0452. The molecule has 0 radical (unpaired) electrons. The summed E-state index contributed by atoms with van der Waals surface area (Å²) < 4.78 is 0. The Hall–Kier alpha value is -1.79. The van der Waals surface area contributed by atoms with Gasteiger partial charge in [-0.3, -0.25) is 4.79 Å². The van der Waals surface area contributed by atoms with Crippen LogP contribution >= 0.6 is 0 Å². The second kappa shape index (κ2) is 4.96. The maximum Gasteiger partial charge on any atom is 0.228 e. The summed E-state index contributed by atoms with van der Waals surface area (Å²) >= 11 is 0. The molecule has 106 valence electrons. The summed E-state index contributed by atoms with van der Waals surface area (Å²) in [5.41, 5.74) is 1.69. The number of aliphatic hydroxyl groups is 1. The molecule has 1 aromatic carbocycles. The van der Waals surface area contributed by atoms with Gasteiger partial charge in [0, 0.05) is 17.2 Å². The highest BCUT2D eigenvalue weighted by molar-refractivity contribution is 5.96. The zero-order valence-electron chi connectivity index (χ0n) is 12.4. The molecule has 0 heterocycles. The normalized spacial score (nSPS) is 18.9. The SMILES string of the molecule is CC1(C)C(C(=O)Nc2ccc(C#CCO)cc2)C1(C)C. The van der Waals surface area contributed by atoms with Crippen LogP contribution in [0.1, 0.15) is 33.3 Å². The molecule has 20 heavy (non-hydrogen) atoms. The molecule has 3 nitrogen and oxygen atoms in total. The summed E-state index contributed by atoms with van der Waals surface area (Å²) in [6.07, 6.45) is 0. The molecule has 1 saturated carbocycles. The van der Waals surface area contributed by atoms with E-state index in [-0.39, 0.29) is 29.3 Å². The molecular weight excluding hydrogens is 250 g/mol. The highest BCUT2D eigenvalue weighted by Crippen LogP contribution is 2.68. The fourth-order valence-electron chi connectivity index (χ4n) is 2.84. The number of benzene rings is 1. The Bertz CT molecular complexity index is 559. The molecule has 0 bridgehead atoms. The number of anilines is 1. The van der Waals surface area contributed by atoms with Gasteiger partial charge >= 0.3 is 0 Å². The first-order chi connectivity index (χ1) is 9.30. The zero-order chi connectivity index (χ0) is 15.0. The zero-order valence-corrected chi connectivity index (χ0v) is 12.4. The summed E-state index contributed by atoms with van der Waals surface area (Å²) in [5.74, 6) is 5.54. The first-order valence-corrected chi connectivity index (χ1v) is 6.81. The van der Waals surface area contributed by atoms with E-state index in [9.17, 15) is 4.79 Å². The molecule has 2 N–H and O–H groups in total. The summed E-state index contributed by atoms with van der Waals surface area (Å²) in [4.78, 5) is 12.3. The van der Waals surface area contributed by atoms with Gasteiger partial charge in [-0.1, -0.05) is 39.5 Å². The van der Waals surface area contributed by atoms with E-state index >= 15 is 0 Å². The number of carbonyl (C=O) groups excluding carboxylic acids is 1. The molecule has 0 aliphatic heterocycles. The van der Waals surface area contributed by atoms with E-state index < -0.39 is 0 Å². The Morgan fingerprint density at radius 2 is 1.75 bits per heavy atom. The minimum Gasteiger partial charge on any atom is -0.384 e. The van der Waals surface area contributed by atoms with E-state index in [0.29, 0.717) is 0 Å². The first kappa shape index (κ1) is 14.6. The van der Waals surface area contributed by atoms with E-state index in [1.807, 2.05) is 24.3 Å². The predicted molar refractivity (Wildman–Crippen MR) is 80.1 cm³/mol. The number of rotatable bonds is 2. The average Bonchev–Trinajstić information content (AvgIpc) is 2.79. The average molecular weight is 271 g/mol. The lowest BCUT2D eigenvalue weighted by Gasteiger charge is -2.06. The van der Waals surface area contributed by atoms with Gasteiger partial charge in [-0.25, -0.2) is 0 Å². The molecule has 3 heteroatoms. The summed E-state index contributed by atoms with van der Waals surface area (Å²) in [5, 5.41) is 11.6. The molecule has 1 aliphatic rings. The Morgan fingerprint density at radius 1 is 1.20 bits per heavy atom. The Labute approximate surface area is 120 Å². The van der Waals surface area contributed by atoms with Crippen molar-refractivity contribution in [3.63, 3.8) is 0 Å². The molecule has 0 atom stereocenters. The number of amides is 1. The quantitative estimate of drug-likeness (QED) is 0.812. The Balaban J connectivity index is 2.03. The van der Waals surface area contributed by atoms with Crippen molar-refractivity contribution >= 4 is 11.6 Å². The third-order valence-electron chi connectivity index (χ3n) is 4.75. The van der Waals surface area contributed by atoms with Crippen LogP contribution in [-0.4, -0.2) is 17.6 Å². The van der Waals surface area contributed by atoms with Gasteiger partial charge in [0.15, 0.2) is 0 Å². The molecule has 1 amide bonds. The molecule has 2 rings (SSSR count). The van der Waals surface area contributed by atoms with Crippen LogP contribution in [0.4, 0.5) is 5.69 Å². The maximum absolute atomic E-state index is 12.3. The van der Waals surface area contributed by atoms with Crippen molar-refractivity contribution in [2.24, 2.45) is 16.7 Å². The standard InChI is InChI=1S/C17H21NO2/c1-16(2)14(17(16,3)4)15(20)18-13-9-7-12(8-10-13)6-5-11-19/h7-10,14,19H,11H2,1-4H3,(H,18,20). The van der Waals surface area contributed by atoms with Gasteiger partial charge in [0.2, 0.25) is 5.91 Å². The predicted octanol–water partition coefficient (Wildman–Crippen LogP) is 2.65. The van der Waals surface area contributed by atoms with Crippen LogP contribution in [0.25, 0.3) is 0 Å². The van der Waals surface area contributed by atoms with Crippen molar-refractivity contribution < 1.29 is 9.90 Å². The van der Waals surface area contributed by atoms with Crippen LogP contribution in [-0.2, 0) is 4.79 Å². The number of hydrogen-bond acceptors (Lipinski definition) is 2. The van der Waals surface area contributed by atoms with E-state index in [0.717, 1.165) is 11.3 Å². The molecule has 0 saturated heterocycles. The maximum atomic E-state index is 12.3. The van der Waals surface area contributed by atoms with Gasteiger partial charge in [0.25, 0.3) is 0 Å². The molecule has 1 fully saturated rings. The van der Waals surface area contributed by atoms with Crippen LogP contribution in [0.3, 0.4) is 0 Å². The van der Waals surface area contributed by atoms with Crippen molar-refractivity contribution in [2.45, 2.75) is 27.7 Å². The molecule has 1 aliphatic carbocycles.